The van der Waals surface area contributed by atoms with Crippen molar-refractivity contribution in [2.75, 3.05) is 4.90 Å². The van der Waals surface area contributed by atoms with E-state index in [9.17, 15) is 19.1 Å². The van der Waals surface area contributed by atoms with Gasteiger partial charge in [-0.15, -0.1) is 0 Å². The number of aliphatic carboxylic acids is 1. The molecule has 2 heterocycles. The van der Waals surface area contributed by atoms with Crippen LogP contribution in [0.15, 0.2) is 35.1 Å². The second-order valence-electron chi connectivity index (χ2n) is 4.82. The standard InChI is InChI=1S/C14H12FN3O3/c1-17-13(19)6-5-12(16-17)18-10-4-2-3-9(15)8(10)7-11(18)14(20)21/h2-6,11H,7H2,1H3,(H,20,21). The molecule has 0 bridgehead atoms. The zero-order valence-electron chi connectivity index (χ0n) is 11.2. The van der Waals surface area contributed by atoms with Gasteiger partial charge in [0.2, 0.25) is 0 Å². The van der Waals surface area contributed by atoms with Crippen LogP contribution in [0.5, 0.6) is 0 Å². The van der Waals surface area contributed by atoms with Crippen LogP contribution in [0, 0.1) is 5.82 Å². The van der Waals surface area contributed by atoms with Gasteiger partial charge >= 0.3 is 5.97 Å². The van der Waals surface area contributed by atoms with Crippen LogP contribution in [-0.2, 0) is 18.3 Å². The van der Waals surface area contributed by atoms with Crippen LogP contribution >= 0.6 is 0 Å². The van der Waals surface area contributed by atoms with Crippen LogP contribution in [-0.4, -0.2) is 26.9 Å². The summed E-state index contributed by atoms with van der Waals surface area (Å²) in [4.78, 5) is 24.3. The average molecular weight is 289 g/mol. The lowest BCUT2D eigenvalue weighted by atomic mass is 10.1. The number of carboxylic acid groups (broad SMARTS) is 1. The Balaban J connectivity index is 2.18. The van der Waals surface area contributed by atoms with Crippen molar-refractivity contribution in [3.05, 3.63) is 52.1 Å². The van der Waals surface area contributed by atoms with Crippen LogP contribution in [0.2, 0.25) is 0 Å². The highest BCUT2D eigenvalue weighted by atomic mass is 19.1. The lowest BCUT2D eigenvalue weighted by Crippen LogP contribution is -2.36. The summed E-state index contributed by atoms with van der Waals surface area (Å²) in [7, 11) is 1.48. The van der Waals surface area contributed by atoms with Gasteiger partial charge in [-0.1, -0.05) is 6.07 Å². The van der Waals surface area contributed by atoms with Gasteiger partial charge in [0.1, 0.15) is 11.9 Å². The fourth-order valence-corrected chi connectivity index (χ4v) is 2.53. The number of carboxylic acids is 1. The van der Waals surface area contributed by atoms with Crippen LogP contribution in [0.25, 0.3) is 0 Å². The molecule has 2 aromatic rings. The molecule has 0 saturated carbocycles. The first kappa shape index (κ1) is 13.3. The number of aromatic nitrogens is 2. The number of fused-ring (bicyclic) bond motifs is 1. The Morgan fingerprint density at radius 3 is 2.81 bits per heavy atom. The fraction of sp³-hybridized carbons (Fsp3) is 0.214. The molecule has 1 unspecified atom stereocenters. The minimum absolute atomic E-state index is 0.0574. The molecule has 0 fully saturated rings. The van der Waals surface area contributed by atoms with E-state index in [1.165, 1.54) is 36.2 Å². The topological polar surface area (TPSA) is 75.4 Å². The Morgan fingerprint density at radius 2 is 2.14 bits per heavy atom. The van der Waals surface area contributed by atoms with Crippen LogP contribution in [0.4, 0.5) is 15.9 Å². The molecule has 1 aromatic carbocycles. The highest BCUT2D eigenvalue weighted by molar-refractivity contribution is 5.86. The molecule has 3 rings (SSSR count). The maximum absolute atomic E-state index is 13.9. The summed E-state index contributed by atoms with van der Waals surface area (Å²) in [5.74, 6) is -1.21. The van der Waals surface area contributed by atoms with Gasteiger partial charge in [0.05, 0.1) is 0 Å². The molecule has 0 radical (unpaired) electrons. The minimum atomic E-state index is -1.07. The minimum Gasteiger partial charge on any atom is -0.480 e. The van der Waals surface area contributed by atoms with E-state index < -0.39 is 17.8 Å². The van der Waals surface area contributed by atoms with Crippen molar-refractivity contribution in [2.24, 2.45) is 7.05 Å². The molecule has 108 valence electrons. The van der Waals surface area contributed by atoms with Crippen molar-refractivity contribution in [3.63, 3.8) is 0 Å². The molecule has 1 aromatic heterocycles. The van der Waals surface area contributed by atoms with Crippen LogP contribution in [0.3, 0.4) is 0 Å². The van der Waals surface area contributed by atoms with E-state index in [0.29, 0.717) is 17.1 Å². The first-order valence-corrected chi connectivity index (χ1v) is 6.33. The molecule has 1 N–H and O–H groups in total. The molecule has 6 nitrogen and oxygen atoms in total. The van der Waals surface area contributed by atoms with Crippen molar-refractivity contribution < 1.29 is 14.3 Å². The highest BCUT2D eigenvalue weighted by Crippen LogP contribution is 2.38. The quantitative estimate of drug-likeness (QED) is 0.895. The summed E-state index contributed by atoms with van der Waals surface area (Å²) in [6.07, 6.45) is 0.0574. The Hall–Kier alpha value is -2.70. The molecule has 0 spiro atoms. The van der Waals surface area contributed by atoms with Gasteiger partial charge in [0, 0.05) is 30.8 Å². The Bertz CT molecular complexity index is 787. The van der Waals surface area contributed by atoms with Crippen LogP contribution < -0.4 is 10.5 Å². The van der Waals surface area contributed by atoms with E-state index in [4.69, 9.17) is 0 Å². The zero-order chi connectivity index (χ0) is 15.1. The van der Waals surface area contributed by atoms with Crippen molar-refractivity contribution in [1.82, 2.24) is 9.78 Å². The summed E-state index contributed by atoms with van der Waals surface area (Å²) < 4.78 is 15.0. The number of rotatable bonds is 2. The van der Waals surface area contributed by atoms with Gasteiger partial charge in [0.25, 0.3) is 5.56 Å². The molecule has 0 amide bonds. The lowest BCUT2D eigenvalue weighted by Gasteiger charge is -2.23. The molecule has 1 aliphatic rings. The molecule has 1 aliphatic heterocycles. The molecular weight excluding hydrogens is 277 g/mol. The third-order valence-electron chi connectivity index (χ3n) is 3.54. The largest absolute Gasteiger partial charge is 0.480 e. The Morgan fingerprint density at radius 1 is 1.38 bits per heavy atom. The van der Waals surface area contributed by atoms with Gasteiger partial charge in [-0.25, -0.2) is 13.9 Å². The van der Waals surface area contributed by atoms with Crippen LogP contribution in [0.1, 0.15) is 5.56 Å². The maximum Gasteiger partial charge on any atom is 0.327 e. The van der Waals surface area contributed by atoms with E-state index in [-0.39, 0.29) is 12.0 Å². The van der Waals surface area contributed by atoms with Crippen molar-refractivity contribution in [3.8, 4) is 0 Å². The number of hydrogen-bond acceptors (Lipinski definition) is 4. The molecule has 7 heteroatoms. The van der Waals surface area contributed by atoms with Gasteiger partial charge in [-0.2, -0.15) is 5.10 Å². The van der Waals surface area contributed by atoms with Crippen molar-refractivity contribution in [2.45, 2.75) is 12.5 Å². The van der Waals surface area contributed by atoms with E-state index >= 15 is 0 Å². The number of carbonyl (C=O) groups is 1. The van der Waals surface area contributed by atoms with Gasteiger partial charge in [-0.05, 0) is 18.2 Å². The van der Waals surface area contributed by atoms with Gasteiger partial charge in [-0.3, -0.25) is 4.79 Å². The van der Waals surface area contributed by atoms with Gasteiger partial charge < -0.3 is 10.0 Å². The smallest absolute Gasteiger partial charge is 0.327 e. The highest BCUT2D eigenvalue weighted by Gasteiger charge is 2.37. The van der Waals surface area contributed by atoms with Crippen molar-refractivity contribution in [1.29, 1.82) is 0 Å². The second kappa shape index (κ2) is 4.69. The third-order valence-corrected chi connectivity index (χ3v) is 3.54. The predicted molar refractivity (Wildman–Crippen MR) is 73.1 cm³/mol. The SMILES string of the molecule is Cn1nc(N2c3cccc(F)c3CC2C(=O)O)ccc1=O. The molecule has 0 saturated heterocycles. The number of halogens is 1. The molecule has 1 atom stereocenters. The average Bonchev–Trinajstić information content (AvgIpc) is 2.83. The lowest BCUT2D eigenvalue weighted by molar-refractivity contribution is -0.138. The summed E-state index contributed by atoms with van der Waals surface area (Å²) in [5.41, 5.74) is 0.512. The predicted octanol–water partition coefficient (Wildman–Crippen LogP) is 1.07. The number of aryl methyl sites for hydroxylation is 1. The summed E-state index contributed by atoms with van der Waals surface area (Å²) in [6.45, 7) is 0. The number of anilines is 2. The van der Waals surface area contributed by atoms with Crippen molar-refractivity contribution >= 4 is 17.5 Å². The number of nitrogens with zero attached hydrogens (tertiary/aromatic N) is 3. The second-order valence-corrected chi connectivity index (χ2v) is 4.82. The Kier molecular flexibility index (Phi) is 2.97. The van der Waals surface area contributed by atoms with E-state index in [2.05, 4.69) is 5.10 Å². The van der Waals surface area contributed by atoms with Gasteiger partial charge in [0.15, 0.2) is 5.82 Å². The summed E-state index contributed by atoms with van der Waals surface area (Å²) >= 11 is 0. The fourth-order valence-electron chi connectivity index (χ4n) is 2.53. The molecule has 0 aliphatic carbocycles. The monoisotopic (exact) mass is 289 g/mol. The summed E-state index contributed by atoms with van der Waals surface area (Å²) in [6, 6.07) is 6.27. The number of hydrogen-bond donors (Lipinski definition) is 1. The Labute approximate surface area is 119 Å². The zero-order valence-corrected chi connectivity index (χ0v) is 11.2. The third kappa shape index (κ3) is 2.06. The van der Waals surface area contributed by atoms with E-state index in [1.54, 1.807) is 6.07 Å². The number of benzene rings is 1. The molecular formula is C14H12FN3O3. The molecule has 21 heavy (non-hydrogen) atoms. The summed E-state index contributed by atoms with van der Waals surface area (Å²) in [5, 5.41) is 13.4. The maximum atomic E-state index is 13.9. The normalized spacial score (nSPS) is 16.9. The van der Waals surface area contributed by atoms with E-state index in [1.807, 2.05) is 0 Å². The first-order valence-electron chi connectivity index (χ1n) is 6.33. The van der Waals surface area contributed by atoms with E-state index in [0.717, 1.165) is 4.68 Å². The first-order chi connectivity index (χ1) is 9.99.